The zero-order valence-electron chi connectivity index (χ0n) is 11.2. The van der Waals surface area contributed by atoms with Crippen LogP contribution in [0, 0.1) is 13.8 Å². The number of ketones is 1. The first-order valence-corrected chi connectivity index (χ1v) is 6.62. The minimum Gasteiger partial charge on any atom is -0.345 e. The van der Waals surface area contributed by atoms with Gasteiger partial charge in [-0.25, -0.2) is 0 Å². The summed E-state index contributed by atoms with van der Waals surface area (Å²) >= 11 is 0. The van der Waals surface area contributed by atoms with Crippen LogP contribution in [-0.4, -0.2) is 16.5 Å². The summed E-state index contributed by atoms with van der Waals surface area (Å²) in [5.74, 6) is -1.73. The lowest BCUT2D eigenvalue weighted by Gasteiger charge is -2.26. The maximum atomic E-state index is 12.5. The van der Waals surface area contributed by atoms with Crippen molar-refractivity contribution in [2.45, 2.75) is 58.2 Å². The quantitative estimate of drug-likeness (QED) is 0.734. The van der Waals surface area contributed by atoms with Gasteiger partial charge in [-0.15, -0.1) is 0 Å². The van der Waals surface area contributed by atoms with Crippen LogP contribution >= 0.6 is 0 Å². The highest BCUT2D eigenvalue weighted by Gasteiger charge is 2.41. The first-order chi connectivity index (χ1) is 8.82. The van der Waals surface area contributed by atoms with Gasteiger partial charge in [0, 0.05) is 23.0 Å². The number of hydrogen-bond acceptors (Lipinski definition) is 1. The van der Waals surface area contributed by atoms with E-state index in [1.165, 1.54) is 12.5 Å². The Morgan fingerprint density at radius 2 is 1.79 bits per heavy atom. The number of nitrogens with zero attached hydrogens (tertiary/aromatic N) is 1. The molecule has 1 aromatic heterocycles. The number of Topliss-reactive ketones (excluding diaryl/α,β-unsaturated/α-hetero) is 1. The molecule has 0 amide bonds. The normalized spacial score (nSPS) is 17.7. The van der Waals surface area contributed by atoms with E-state index in [0.29, 0.717) is 5.69 Å². The second kappa shape index (κ2) is 5.02. The lowest BCUT2D eigenvalue weighted by atomic mass is 9.95. The third-order valence-electron chi connectivity index (χ3n) is 3.93. The molecule has 106 valence electrons. The third kappa shape index (κ3) is 2.69. The van der Waals surface area contributed by atoms with Gasteiger partial charge in [-0.3, -0.25) is 4.79 Å². The fraction of sp³-hybridized carbons (Fsp3) is 0.643. The third-order valence-corrected chi connectivity index (χ3v) is 3.93. The number of aryl methyl sites for hydroxylation is 1. The van der Waals surface area contributed by atoms with Crippen molar-refractivity contribution in [2.75, 3.05) is 0 Å². The molecule has 1 saturated carbocycles. The lowest BCUT2D eigenvalue weighted by molar-refractivity contribution is -0.0885. The average Bonchev–Trinajstić information content (AvgIpc) is 2.64. The zero-order valence-corrected chi connectivity index (χ0v) is 11.2. The Morgan fingerprint density at radius 1 is 1.21 bits per heavy atom. The molecule has 0 aromatic carbocycles. The molecule has 0 aliphatic heterocycles. The fourth-order valence-electron chi connectivity index (χ4n) is 3.06. The van der Waals surface area contributed by atoms with E-state index < -0.39 is 12.0 Å². The van der Waals surface area contributed by atoms with E-state index in [1.807, 2.05) is 4.57 Å². The minimum absolute atomic E-state index is 0.199. The van der Waals surface area contributed by atoms with Gasteiger partial charge >= 0.3 is 6.18 Å². The molecule has 1 aliphatic rings. The fourth-order valence-corrected chi connectivity index (χ4v) is 3.06. The zero-order chi connectivity index (χ0) is 14.2. The van der Waals surface area contributed by atoms with Crippen molar-refractivity contribution in [3.8, 4) is 0 Å². The maximum Gasteiger partial charge on any atom is 0.454 e. The van der Waals surface area contributed by atoms with Gasteiger partial charge in [-0.05, 0) is 32.8 Å². The van der Waals surface area contributed by atoms with Gasteiger partial charge in [0.15, 0.2) is 0 Å². The van der Waals surface area contributed by atoms with Gasteiger partial charge in [0.1, 0.15) is 0 Å². The van der Waals surface area contributed by atoms with Crippen molar-refractivity contribution < 1.29 is 18.0 Å². The van der Waals surface area contributed by atoms with Crippen molar-refractivity contribution in [3.05, 3.63) is 23.0 Å². The Labute approximate surface area is 110 Å². The highest BCUT2D eigenvalue weighted by Crippen LogP contribution is 2.33. The molecule has 19 heavy (non-hydrogen) atoms. The van der Waals surface area contributed by atoms with Gasteiger partial charge in [0.05, 0.1) is 0 Å². The molecule has 2 rings (SSSR count). The molecular weight excluding hydrogens is 255 g/mol. The topological polar surface area (TPSA) is 22.0 Å². The summed E-state index contributed by atoms with van der Waals surface area (Å²) in [6.45, 7) is 3.38. The number of carbonyl (C=O) groups is 1. The number of rotatable bonds is 2. The predicted molar refractivity (Wildman–Crippen MR) is 66.4 cm³/mol. The number of halogens is 3. The van der Waals surface area contributed by atoms with E-state index in [-0.39, 0.29) is 11.6 Å². The molecule has 0 spiro atoms. The molecule has 1 fully saturated rings. The molecule has 0 N–H and O–H groups in total. The molecule has 0 bridgehead atoms. The van der Waals surface area contributed by atoms with Crippen molar-refractivity contribution in [1.29, 1.82) is 0 Å². The smallest absolute Gasteiger partial charge is 0.345 e. The van der Waals surface area contributed by atoms with Crippen molar-refractivity contribution in [3.63, 3.8) is 0 Å². The highest BCUT2D eigenvalue weighted by molar-refractivity contribution is 6.01. The van der Waals surface area contributed by atoms with Crippen LogP contribution in [0.15, 0.2) is 6.07 Å². The van der Waals surface area contributed by atoms with E-state index in [0.717, 1.165) is 31.4 Å². The van der Waals surface area contributed by atoms with Gasteiger partial charge in [-0.2, -0.15) is 13.2 Å². The number of hydrogen-bond donors (Lipinski definition) is 0. The molecular formula is C14H18F3NO. The Kier molecular flexibility index (Phi) is 3.74. The highest BCUT2D eigenvalue weighted by atomic mass is 19.4. The van der Waals surface area contributed by atoms with Crippen LogP contribution in [-0.2, 0) is 0 Å². The first kappa shape index (κ1) is 14.2. The average molecular weight is 273 g/mol. The Bertz CT molecular complexity index is 482. The minimum atomic E-state index is -4.80. The van der Waals surface area contributed by atoms with Crippen LogP contribution < -0.4 is 0 Å². The Morgan fingerprint density at radius 3 is 2.32 bits per heavy atom. The SMILES string of the molecule is Cc1cc(C(=O)C(F)(F)F)c(C)n1C1CCCCC1. The molecule has 0 atom stereocenters. The van der Waals surface area contributed by atoms with Gasteiger partial charge < -0.3 is 4.57 Å². The summed E-state index contributed by atoms with van der Waals surface area (Å²) in [6.07, 6.45) is 0.556. The summed E-state index contributed by atoms with van der Waals surface area (Å²) in [4.78, 5) is 11.4. The van der Waals surface area contributed by atoms with Crippen LogP contribution in [0.2, 0.25) is 0 Å². The summed E-state index contributed by atoms with van der Waals surface area (Å²) in [5, 5.41) is 0. The second-order valence-electron chi connectivity index (χ2n) is 5.27. The van der Waals surface area contributed by atoms with Gasteiger partial charge in [-0.1, -0.05) is 19.3 Å². The van der Waals surface area contributed by atoms with Crippen LogP contribution in [0.5, 0.6) is 0 Å². The standard InChI is InChI=1S/C14H18F3NO/c1-9-8-12(13(19)14(15,16)17)10(2)18(9)11-6-4-3-5-7-11/h8,11H,3-7H2,1-2H3. The van der Waals surface area contributed by atoms with Crippen molar-refractivity contribution in [1.82, 2.24) is 4.57 Å². The summed E-state index contributed by atoms with van der Waals surface area (Å²) < 4.78 is 39.5. The van der Waals surface area contributed by atoms with Gasteiger partial charge in [0.2, 0.25) is 0 Å². The number of carbonyl (C=O) groups excluding carboxylic acids is 1. The Balaban J connectivity index is 2.37. The summed E-state index contributed by atoms with van der Waals surface area (Å²) in [6, 6.07) is 1.61. The molecule has 1 aliphatic carbocycles. The van der Waals surface area contributed by atoms with E-state index in [1.54, 1.807) is 13.8 Å². The largest absolute Gasteiger partial charge is 0.454 e. The monoisotopic (exact) mass is 273 g/mol. The maximum absolute atomic E-state index is 12.5. The number of alkyl halides is 3. The molecule has 1 aromatic rings. The molecule has 0 unspecified atom stereocenters. The van der Waals surface area contributed by atoms with Gasteiger partial charge in [0.25, 0.3) is 5.78 Å². The summed E-state index contributed by atoms with van der Waals surface area (Å²) in [7, 11) is 0. The Hall–Kier alpha value is -1.26. The van der Waals surface area contributed by atoms with Crippen LogP contribution in [0.25, 0.3) is 0 Å². The van der Waals surface area contributed by atoms with Crippen LogP contribution in [0.1, 0.15) is 59.9 Å². The molecule has 2 nitrogen and oxygen atoms in total. The number of aromatic nitrogens is 1. The van der Waals surface area contributed by atoms with Crippen LogP contribution in [0.4, 0.5) is 13.2 Å². The van der Waals surface area contributed by atoms with Crippen molar-refractivity contribution >= 4 is 5.78 Å². The molecule has 0 saturated heterocycles. The van der Waals surface area contributed by atoms with E-state index in [4.69, 9.17) is 0 Å². The van der Waals surface area contributed by atoms with Crippen molar-refractivity contribution in [2.24, 2.45) is 0 Å². The van der Waals surface area contributed by atoms with E-state index >= 15 is 0 Å². The van der Waals surface area contributed by atoms with Crippen LogP contribution in [0.3, 0.4) is 0 Å². The predicted octanol–water partition coefficient (Wildman–Crippen LogP) is 4.36. The molecule has 0 radical (unpaired) electrons. The lowest BCUT2D eigenvalue weighted by Crippen LogP contribution is -2.23. The van der Waals surface area contributed by atoms with E-state index in [2.05, 4.69) is 0 Å². The van der Waals surface area contributed by atoms with E-state index in [9.17, 15) is 18.0 Å². The first-order valence-electron chi connectivity index (χ1n) is 6.62. The second-order valence-corrected chi connectivity index (χ2v) is 5.27. The summed E-state index contributed by atoms with van der Waals surface area (Å²) in [5.41, 5.74) is 0.999. The molecule has 5 heteroatoms. The molecule has 1 heterocycles.